The Hall–Kier alpha value is -0.850. The van der Waals surface area contributed by atoms with Crippen molar-refractivity contribution < 1.29 is 4.74 Å². The van der Waals surface area contributed by atoms with E-state index in [4.69, 9.17) is 9.73 Å². The molecule has 0 radical (unpaired) electrons. The first kappa shape index (κ1) is 20.5. The molecule has 0 aromatic heterocycles. The molecular weight excluding hydrogens is 314 g/mol. The second-order valence-electron chi connectivity index (χ2n) is 7.27. The fraction of sp³-hybridized carbons (Fsp3) is 0.947. The predicted octanol–water partition coefficient (Wildman–Crippen LogP) is 1.53. The standard InChI is InChI=1S/C19H39N5O/c1-3-20-19(21-10-7-12-24-14-16-25-17-15-24)22-11-13-23(2)18-8-5-4-6-9-18/h18H,3-17H2,1-2H3,(H2,20,21,22). The molecule has 2 rings (SSSR count). The molecule has 2 aliphatic rings. The average molecular weight is 354 g/mol. The van der Waals surface area contributed by atoms with Gasteiger partial charge in [0.15, 0.2) is 5.96 Å². The average Bonchev–Trinajstić information content (AvgIpc) is 2.66. The normalized spacial score (nSPS) is 20.8. The highest BCUT2D eigenvalue weighted by atomic mass is 16.5. The lowest BCUT2D eigenvalue weighted by Crippen LogP contribution is -2.43. The van der Waals surface area contributed by atoms with Crippen LogP contribution in [0.2, 0.25) is 0 Å². The van der Waals surface area contributed by atoms with Crippen LogP contribution in [0.3, 0.4) is 0 Å². The van der Waals surface area contributed by atoms with Crippen molar-refractivity contribution in [2.24, 2.45) is 4.99 Å². The summed E-state index contributed by atoms with van der Waals surface area (Å²) in [6.07, 6.45) is 8.06. The molecule has 0 atom stereocenters. The molecule has 2 fully saturated rings. The zero-order chi connectivity index (χ0) is 17.7. The van der Waals surface area contributed by atoms with E-state index < -0.39 is 0 Å². The Morgan fingerprint density at radius 2 is 1.92 bits per heavy atom. The highest BCUT2D eigenvalue weighted by Gasteiger charge is 2.17. The third-order valence-corrected chi connectivity index (χ3v) is 5.31. The van der Waals surface area contributed by atoms with Crippen molar-refractivity contribution in [3.63, 3.8) is 0 Å². The molecule has 6 nitrogen and oxygen atoms in total. The molecule has 1 aliphatic carbocycles. The van der Waals surface area contributed by atoms with Crippen LogP contribution in [0.4, 0.5) is 0 Å². The van der Waals surface area contributed by atoms with Crippen molar-refractivity contribution >= 4 is 5.96 Å². The van der Waals surface area contributed by atoms with Gasteiger partial charge in [-0.3, -0.25) is 9.89 Å². The van der Waals surface area contributed by atoms with Crippen LogP contribution < -0.4 is 10.6 Å². The highest BCUT2D eigenvalue weighted by Crippen LogP contribution is 2.21. The molecule has 146 valence electrons. The molecule has 1 saturated heterocycles. The highest BCUT2D eigenvalue weighted by molar-refractivity contribution is 5.79. The minimum absolute atomic E-state index is 0.781. The third-order valence-electron chi connectivity index (χ3n) is 5.31. The number of nitrogens with one attached hydrogen (secondary N) is 2. The van der Waals surface area contributed by atoms with E-state index >= 15 is 0 Å². The number of rotatable bonds is 9. The predicted molar refractivity (Wildman–Crippen MR) is 105 cm³/mol. The molecule has 1 heterocycles. The summed E-state index contributed by atoms with van der Waals surface area (Å²) < 4.78 is 5.39. The Morgan fingerprint density at radius 1 is 1.16 bits per heavy atom. The molecule has 6 heteroatoms. The maximum absolute atomic E-state index is 5.39. The van der Waals surface area contributed by atoms with E-state index in [0.717, 1.165) is 77.4 Å². The first-order valence-corrected chi connectivity index (χ1v) is 10.3. The molecule has 1 saturated carbocycles. The SMILES string of the molecule is CCNC(=NCCCN1CCOCC1)NCCN(C)C1CCCCC1. The largest absolute Gasteiger partial charge is 0.379 e. The van der Waals surface area contributed by atoms with Gasteiger partial charge >= 0.3 is 0 Å². The topological polar surface area (TPSA) is 52.1 Å². The molecule has 25 heavy (non-hydrogen) atoms. The Morgan fingerprint density at radius 3 is 2.64 bits per heavy atom. The number of likely N-dealkylation sites (N-methyl/N-ethyl adjacent to an activating group) is 1. The number of ether oxygens (including phenoxy) is 1. The van der Waals surface area contributed by atoms with Gasteiger partial charge in [0.05, 0.1) is 13.2 Å². The van der Waals surface area contributed by atoms with Crippen LogP contribution in [0.25, 0.3) is 0 Å². The van der Waals surface area contributed by atoms with Crippen LogP contribution in [0.15, 0.2) is 4.99 Å². The lowest BCUT2D eigenvalue weighted by atomic mass is 9.94. The van der Waals surface area contributed by atoms with E-state index in [-0.39, 0.29) is 0 Å². The van der Waals surface area contributed by atoms with E-state index in [1.165, 1.54) is 32.1 Å². The summed E-state index contributed by atoms with van der Waals surface area (Å²) in [6.45, 7) is 11.0. The van der Waals surface area contributed by atoms with Gasteiger partial charge in [-0.05, 0) is 33.2 Å². The molecule has 2 N–H and O–H groups in total. The fourth-order valence-electron chi connectivity index (χ4n) is 3.71. The van der Waals surface area contributed by atoms with Crippen LogP contribution in [-0.4, -0.2) is 87.9 Å². The summed E-state index contributed by atoms with van der Waals surface area (Å²) in [7, 11) is 2.27. The molecule has 0 bridgehead atoms. The smallest absolute Gasteiger partial charge is 0.191 e. The van der Waals surface area contributed by atoms with Gasteiger partial charge in [0.2, 0.25) is 0 Å². The molecule has 1 aliphatic heterocycles. The Labute approximate surface area is 154 Å². The molecule has 0 amide bonds. The van der Waals surface area contributed by atoms with E-state index in [1.807, 2.05) is 0 Å². The number of hydrogen-bond acceptors (Lipinski definition) is 4. The van der Waals surface area contributed by atoms with Gasteiger partial charge in [-0.1, -0.05) is 19.3 Å². The van der Waals surface area contributed by atoms with Crippen molar-refractivity contribution in [1.82, 2.24) is 20.4 Å². The number of guanidine groups is 1. The Kier molecular flexibility index (Phi) is 10.2. The second kappa shape index (κ2) is 12.5. The van der Waals surface area contributed by atoms with Crippen molar-refractivity contribution in [2.45, 2.75) is 51.5 Å². The zero-order valence-corrected chi connectivity index (χ0v) is 16.4. The maximum Gasteiger partial charge on any atom is 0.191 e. The van der Waals surface area contributed by atoms with E-state index in [1.54, 1.807) is 0 Å². The van der Waals surface area contributed by atoms with Gasteiger partial charge in [0.25, 0.3) is 0 Å². The molecular formula is C19H39N5O. The van der Waals surface area contributed by atoms with Crippen LogP contribution in [-0.2, 0) is 4.74 Å². The summed E-state index contributed by atoms with van der Waals surface area (Å²) in [5, 5.41) is 6.85. The first-order chi connectivity index (χ1) is 12.3. The number of morpholine rings is 1. The number of aliphatic imine (C=N–C) groups is 1. The van der Waals surface area contributed by atoms with Gasteiger partial charge in [-0.2, -0.15) is 0 Å². The van der Waals surface area contributed by atoms with Gasteiger partial charge in [-0.15, -0.1) is 0 Å². The minimum atomic E-state index is 0.781. The van der Waals surface area contributed by atoms with E-state index in [0.29, 0.717) is 0 Å². The first-order valence-electron chi connectivity index (χ1n) is 10.3. The summed E-state index contributed by atoms with van der Waals surface area (Å²) in [5.74, 6) is 0.960. The summed E-state index contributed by atoms with van der Waals surface area (Å²) in [5.41, 5.74) is 0. The van der Waals surface area contributed by atoms with Gasteiger partial charge in [0.1, 0.15) is 0 Å². The molecule has 0 aromatic rings. The monoisotopic (exact) mass is 353 g/mol. The summed E-state index contributed by atoms with van der Waals surface area (Å²) in [4.78, 5) is 9.72. The lowest BCUT2D eigenvalue weighted by Gasteiger charge is -2.31. The Balaban J connectivity index is 1.61. The quantitative estimate of drug-likeness (QED) is 0.374. The van der Waals surface area contributed by atoms with E-state index in [2.05, 4.69) is 34.4 Å². The van der Waals surface area contributed by atoms with Gasteiger partial charge in [0, 0.05) is 51.9 Å². The molecule has 0 unspecified atom stereocenters. The number of nitrogens with zero attached hydrogens (tertiary/aromatic N) is 3. The van der Waals surface area contributed by atoms with Crippen molar-refractivity contribution in [1.29, 1.82) is 0 Å². The zero-order valence-electron chi connectivity index (χ0n) is 16.4. The van der Waals surface area contributed by atoms with Crippen molar-refractivity contribution in [2.75, 3.05) is 66.1 Å². The van der Waals surface area contributed by atoms with Crippen molar-refractivity contribution in [3.05, 3.63) is 0 Å². The summed E-state index contributed by atoms with van der Waals surface area (Å²) >= 11 is 0. The van der Waals surface area contributed by atoms with Crippen LogP contribution in [0.5, 0.6) is 0 Å². The molecule has 0 spiro atoms. The maximum atomic E-state index is 5.39. The van der Waals surface area contributed by atoms with Crippen LogP contribution in [0, 0.1) is 0 Å². The Bertz CT molecular complexity index is 365. The molecule has 0 aromatic carbocycles. The van der Waals surface area contributed by atoms with Gasteiger partial charge in [-0.25, -0.2) is 0 Å². The van der Waals surface area contributed by atoms with Crippen molar-refractivity contribution in [3.8, 4) is 0 Å². The second-order valence-corrected chi connectivity index (χ2v) is 7.27. The van der Waals surface area contributed by atoms with Gasteiger partial charge < -0.3 is 20.3 Å². The minimum Gasteiger partial charge on any atom is -0.379 e. The fourth-order valence-corrected chi connectivity index (χ4v) is 3.71. The third kappa shape index (κ3) is 8.38. The number of hydrogen-bond donors (Lipinski definition) is 2. The lowest BCUT2D eigenvalue weighted by molar-refractivity contribution is 0.0377. The van der Waals surface area contributed by atoms with Crippen LogP contribution >= 0.6 is 0 Å². The van der Waals surface area contributed by atoms with Crippen LogP contribution in [0.1, 0.15) is 45.4 Å². The summed E-state index contributed by atoms with van der Waals surface area (Å²) in [6, 6.07) is 0.781. The van der Waals surface area contributed by atoms with E-state index in [9.17, 15) is 0 Å².